The van der Waals surface area contributed by atoms with E-state index in [0.717, 1.165) is 11.3 Å². The summed E-state index contributed by atoms with van der Waals surface area (Å²) in [6.45, 7) is 3.57. The summed E-state index contributed by atoms with van der Waals surface area (Å²) < 4.78 is 8.86. The average molecular weight is 373 g/mol. The maximum absolute atomic E-state index is 12.9. The standard InChI is InChI=1S/C19H15N7O2/c1-12-5-6-14(9-16(12)26-11-21-23-24-26)22-18(27)17-13(2)28-19(15(17)10-20)25-7-3-4-8-25/h3-9,11H,1-2H3,(H,22,27). The highest BCUT2D eigenvalue weighted by molar-refractivity contribution is 6.07. The first-order valence-corrected chi connectivity index (χ1v) is 8.40. The van der Waals surface area contributed by atoms with Gasteiger partial charge in [0.25, 0.3) is 5.91 Å². The number of nitriles is 1. The van der Waals surface area contributed by atoms with Crippen molar-refractivity contribution in [2.45, 2.75) is 13.8 Å². The molecule has 0 fully saturated rings. The number of hydrogen-bond donors (Lipinski definition) is 1. The molecule has 0 saturated carbocycles. The summed E-state index contributed by atoms with van der Waals surface area (Å²) in [6.07, 6.45) is 4.98. The highest BCUT2D eigenvalue weighted by Gasteiger charge is 2.24. The van der Waals surface area contributed by atoms with E-state index in [9.17, 15) is 10.1 Å². The number of rotatable bonds is 4. The molecule has 0 aliphatic heterocycles. The lowest BCUT2D eigenvalue weighted by Gasteiger charge is -2.09. The number of nitrogens with one attached hydrogen (secondary N) is 1. The smallest absolute Gasteiger partial charge is 0.260 e. The molecule has 3 heterocycles. The zero-order valence-corrected chi connectivity index (χ0v) is 15.1. The van der Waals surface area contributed by atoms with Crippen molar-refractivity contribution >= 4 is 11.6 Å². The van der Waals surface area contributed by atoms with Gasteiger partial charge in [-0.05, 0) is 54.1 Å². The van der Waals surface area contributed by atoms with Crippen molar-refractivity contribution in [2.24, 2.45) is 0 Å². The first-order chi connectivity index (χ1) is 13.6. The van der Waals surface area contributed by atoms with Crippen molar-refractivity contribution in [3.63, 3.8) is 0 Å². The van der Waals surface area contributed by atoms with Gasteiger partial charge in [-0.2, -0.15) is 5.26 Å². The fourth-order valence-electron chi connectivity index (χ4n) is 2.96. The number of aryl methyl sites for hydroxylation is 2. The molecule has 0 aliphatic carbocycles. The van der Waals surface area contributed by atoms with Crippen LogP contribution in [0, 0.1) is 25.2 Å². The van der Waals surface area contributed by atoms with Gasteiger partial charge in [-0.15, -0.1) is 5.10 Å². The quantitative estimate of drug-likeness (QED) is 0.588. The fourth-order valence-corrected chi connectivity index (χ4v) is 2.96. The van der Waals surface area contributed by atoms with Gasteiger partial charge in [-0.3, -0.25) is 9.36 Å². The normalized spacial score (nSPS) is 10.6. The van der Waals surface area contributed by atoms with Crippen LogP contribution in [-0.2, 0) is 0 Å². The molecular weight excluding hydrogens is 358 g/mol. The number of furan rings is 1. The van der Waals surface area contributed by atoms with Gasteiger partial charge in [0, 0.05) is 18.1 Å². The zero-order valence-electron chi connectivity index (χ0n) is 15.1. The molecule has 4 aromatic rings. The predicted molar refractivity (Wildman–Crippen MR) is 99.3 cm³/mol. The van der Waals surface area contributed by atoms with Gasteiger partial charge in [0.1, 0.15) is 29.3 Å². The number of benzene rings is 1. The second-order valence-corrected chi connectivity index (χ2v) is 6.13. The van der Waals surface area contributed by atoms with E-state index in [4.69, 9.17) is 4.42 Å². The lowest BCUT2D eigenvalue weighted by molar-refractivity contribution is 0.102. The summed E-state index contributed by atoms with van der Waals surface area (Å²) in [7, 11) is 0. The van der Waals surface area contributed by atoms with Crippen molar-refractivity contribution in [1.29, 1.82) is 5.26 Å². The molecule has 0 saturated heterocycles. The van der Waals surface area contributed by atoms with Crippen LogP contribution in [0.5, 0.6) is 0 Å². The summed E-state index contributed by atoms with van der Waals surface area (Å²) in [4.78, 5) is 12.9. The lowest BCUT2D eigenvalue weighted by Crippen LogP contribution is -2.14. The Morgan fingerprint density at radius 3 is 2.71 bits per heavy atom. The Morgan fingerprint density at radius 2 is 2.04 bits per heavy atom. The van der Waals surface area contributed by atoms with E-state index in [2.05, 4.69) is 26.9 Å². The minimum atomic E-state index is -0.428. The van der Waals surface area contributed by atoms with Crippen molar-refractivity contribution in [1.82, 2.24) is 24.8 Å². The van der Waals surface area contributed by atoms with Gasteiger partial charge in [0.05, 0.1) is 5.69 Å². The van der Waals surface area contributed by atoms with Crippen LogP contribution in [0.25, 0.3) is 11.6 Å². The summed E-state index contributed by atoms with van der Waals surface area (Å²) in [5.41, 5.74) is 2.61. The molecule has 1 N–H and O–H groups in total. The summed E-state index contributed by atoms with van der Waals surface area (Å²) >= 11 is 0. The molecule has 4 rings (SSSR count). The zero-order chi connectivity index (χ0) is 19.7. The van der Waals surface area contributed by atoms with Gasteiger partial charge in [-0.1, -0.05) is 6.07 Å². The first-order valence-electron chi connectivity index (χ1n) is 8.40. The average Bonchev–Trinajstić information content (AvgIpc) is 3.43. The van der Waals surface area contributed by atoms with Crippen LogP contribution in [0.4, 0.5) is 5.69 Å². The molecule has 0 bridgehead atoms. The molecule has 9 heteroatoms. The second kappa shape index (κ2) is 6.85. The molecule has 0 unspecified atom stereocenters. The molecule has 1 amide bonds. The second-order valence-electron chi connectivity index (χ2n) is 6.13. The molecule has 0 spiro atoms. The van der Waals surface area contributed by atoms with Crippen molar-refractivity contribution in [3.8, 4) is 17.6 Å². The Hall–Kier alpha value is -4.19. The predicted octanol–water partition coefficient (Wildman–Crippen LogP) is 2.79. The minimum Gasteiger partial charge on any atom is -0.443 e. The van der Waals surface area contributed by atoms with E-state index in [0.29, 0.717) is 17.3 Å². The Bertz CT molecular complexity index is 1180. The van der Waals surface area contributed by atoms with Gasteiger partial charge < -0.3 is 9.73 Å². The third kappa shape index (κ3) is 2.93. The van der Waals surface area contributed by atoms with Crippen LogP contribution < -0.4 is 5.32 Å². The molecule has 0 aliphatic rings. The third-order valence-electron chi connectivity index (χ3n) is 4.31. The Kier molecular flexibility index (Phi) is 4.21. The van der Waals surface area contributed by atoms with Gasteiger partial charge in [-0.25, -0.2) is 4.68 Å². The van der Waals surface area contributed by atoms with Crippen LogP contribution in [0.2, 0.25) is 0 Å². The van der Waals surface area contributed by atoms with E-state index in [1.807, 2.05) is 25.1 Å². The maximum Gasteiger partial charge on any atom is 0.260 e. The van der Waals surface area contributed by atoms with Gasteiger partial charge >= 0.3 is 0 Å². The monoisotopic (exact) mass is 373 g/mol. The maximum atomic E-state index is 12.9. The number of anilines is 1. The van der Waals surface area contributed by atoms with Crippen molar-refractivity contribution in [2.75, 3.05) is 5.32 Å². The van der Waals surface area contributed by atoms with E-state index in [1.54, 1.807) is 36.0 Å². The SMILES string of the molecule is Cc1ccc(NC(=O)c2c(C)oc(-n3cccc3)c2C#N)cc1-n1cnnn1. The minimum absolute atomic E-state index is 0.180. The van der Waals surface area contributed by atoms with Crippen molar-refractivity contribution < 1.29 is 9.21 Å². The highest BCUT2D eigenvalue weighted by atomic mass is 16.4. The van der Waals surface area contributed by atoms with Crippen LogP contribution >= 0.6 is 0 Å². The number of amides is 1. The molecule has 0 atom stereocenters. The molecule has 28 heavy (non-hydrogen) atoms. The molecule has 138 valence electrons. The summed E-state index contributed by atoms with van der Waals surface area (Å²) in [6, 6.07) is 11.1. The van der Waals surface area contributed by atoms with E-state index >= 15 is 0 Å². The third-order valence-corrected chi connectivity index (χ3v) is 4.31. The first kappa shape index (κ1) is 17.2. The summed E-state index contributed by atoms with van der Waals surface area (Å²) in [5.74, 6) is 0.252. The molecule has 3 aromatic heterocycles. The van der Waals surface area contributed by atoms with E-state index in [-0.39, 0.29) is 11.1 Å². The lowest BCUT2D eigenvalue weighted by atomic mass is 10.1. The Labute approximate surface area is 159 Å². The van der Waals surface area contributed by atoms with Gasteiger partial charge in [0.2, 0.25) is 5.88 Å². The van der Waals surface area contributed by atoms with Crippen LogP contribution in [0.3, 0.4) is 0 Å². The number of nitrogens with zero attached hydrogens (tertiary/aromatic N) is 6. The van der Waals surface area contributed by atoms with E-state index < -0.39 is 5.91 Å². The molecule has 0 radical (unpaired) electrons. The topological polar surface area (TPSA) is 115 Å². The molecule has 1 aromatic carbocycles. The van der Waals surface area contributed by atoms with Crippen molar-refractivity contribution in [3.05, 3.63) is 71.5 Å². The number of hydrogen-bond acceptors (Lipinski definition) is 6. The summed E-state index contributed by atoms with van der Waals surface area (Å²) in [5, 5.41) is 23.6. The van der Waals surface area contributed by atoms with Crippen LogP contribution in [0.1, 0.15) is 27.2 Å². The number of carbonyl (C=O) groups excluding carboxylic acids is 1. The Balaban J connectivity index is 1.69. The molecular formula is C19H15N7O2. The number of aromatic nitrogens is 5. The van der Waals surface area contributed by atoms with E-state index in [1.165, 1.54) is 11.0 Å². The van der Waals surface area contributed by atoms with Gasteiger partial charge in [0.15, 0.2) is 0 Å². The largest absolute Gasteiger partial charge is 0.443 e. The molecule has 9 nitrogen and oxygen atoms in total. The number of carbonyl (C=O) groups is 1. The number of tetrazole rings is 1. The van der Waals surface area contributed by atoms with Crippen LogP contribution in [0.15, 0.2) is 53.5 Å². The highest BCUT2D eigenvalue weighted by Crippen LogP contribution is 2.27. The van der Waals surface area contributed by atoms with Crippen LogP contribution in [-0.4, -0.2) is 30.7 Å². The fraction of sp³-hybridized carbons (Fsp3) is 0.105. The Morgan fingerprint density at radius 1 is 1.25 bits per heavy atom.